The number of rotatable bonds is 1. The summed E-state index contributed by atoms with van der Waals surface area (Å²) in [5, 5.41) is 8.86. The third-order valence-electron chi connectivity index (χ3n) is 2.27. The van der Waals surface area contributed by atoms with Gasteiger partial charge in [0.05, 0.1) is 11.3 Å². The van der Waals surface area contributed by atoms with Crippen molar-refractivity contribution < 1.29 is 8.78 Å². The Morgan fingerprint density at radius 1 is 1.22 bits per heavy atom. The molecule has 0 aliphatic rings. The monoisotopic (exact) mass is 265 g/mol. The van der Waals surface area contributed by atoms with Gasteiger partial charge in [0.15, 0.2) is 4.77 Å². The third-order valence-corrected chi connectivity index (χ3v) is 2.47. The van der Waals surface area contributed by atoms with Crippen LogP contribution in [0, 0.1) is 27.7 Å². The summed E-state index contributed by atoms with van der Waals surface area (Å²) in [6, 6.07) is 4.82. The largest absolute Gasteiger partial charge is 0.330 e. The first kappa shape index (κ1) is 12.1. The van der Waals surface area contributed by atoms with E-state index < -0.39 is 28.3 Å². The van der Waals surface area contributed by atoms with Gasteiger partial charge in [-0.15, -0.1) is 0 Å². The lowest BCUT2D eigenvalue weighted by atomic mass is 10.1. The van der Waals surface area contributed by atoms with E-state index in [0.29, 0.717) is 0 Å². The molecule has 18 heavy (non-hydrogen) atoms. The summed E-state index contributed by atoms with van der Waals surface area (Å²) >= 11 is 4.72. The van der Waals surface area contributed by atoms with Crippen LogP contribution in [0.5, 0.6) is 0 Å². The van der Waals surface area contributed by atoms with Gasteiger partial charge in [-0.25, -0.2) is 8.78 Å². The van der Waals surface area contributed by atoms with Crippen molar-refractivity contribution in [1.29, 1.82) is 5.26 Å². The number of aromatic nitrogens is 2. The molecule has 0 spiro atoms. The molecule has 0 saturated carbocycles. The van der Waals surface area contributed by atoms with Gasteiger partial charge in [-0.05, 0) is 24.4 Å². The Kier molecular flexibility index (Phi) is 3.04. The van der Waals surface area contributed by atoms with Crippen molar-refractivity contribution >= 4 is 12.2 Å². The van der Waals surface area contributed by atoms with E-state index in [1.807, 2.05) is 0 Å². The molecule has 1 heterocycles. The highest BCUT2D eigenvalue weighted by Gasteiger charge is 2.17. The smallest absolute Gasteiger partial charge is 0.270 e. The maximum absolute atomic E-state index is 13.6. The zero-order valence-corrected chi connectivity index (χ0v) is 9.57. The van der Waals surface area contributed by atoms with E-state index in [0.717, 1.165) is 12.1 Å². The Morgan fingerprint density at radius 3 is 2.39 bits per heavy atom. The fraction of sp³-hybridized carbons (Fsp3) is 0. The van der Waals surface area contributed by atoms with Crippen molar-refractivity contribution in [1.82, 2.24) is 9.97 Å². The maximum Gasteiger partial charge on any atom is 0.270 e. The molecule has 2 rings (SSSR count). The van der Waals surface area contributed by atoms with Crippen LogP contribution in [0.25, 0.3) is 11.3 Å². The van der Waals surface area contributed by atoms with Gasteiger partial charge >= 0.3 is 0 Å². The van der Waals surface area contributed by atoms with Crippen LogP contribution in [0.2, 0.25) is 0 Å². The summed E-state index contributed by atoms with van der Waals surface area (Å²) in [5.74, 6) is -1.77. The first-order valence-corrected chi connectivity index (χ1v) is 5.16. The zero-order valence-electron chi connectivity index (χ0n) is 8.75. The van der Waals surface area contributed by atoms with E-state index in [1.54, 1.807) is 6.07 Å². The molecule has 1 aromatic heterocycles. The van der Waals surface area contributed by atoms with Gasteiger partial charge in [-0.1, -0.05) is 6.07 Å². The van der Waals surface area contributed by atoms with Crippen molar-refractivity contribution in [3.05, 3.63) is 50.5 Å². The van der Waals surface area contributed by atoms with E-state index in [9.17, 15) is 13.6 Å². The van der Waals surface area contributed by atoms with Gasteiger partial charge in [0.25, 0.3) is 5.56 Å². The number of benzene rings is 1. The minimum atomic E-state index is -0.886. The number of nitrogens with one attached hydrogen (secondary N) is 2. The molecule has 1 aromatic carbocycles. The molecular formula is C11H5F2N3OS. The maximum atomic E-state index is 13.6. The summed E-state index contributed by atoms with van der Waals surface area (Å²) in [6.45, 7) is 0. The summed E-state index contributed by atoms with van der Waals surface area (Å²) in [5.41, 5.74) is -1.96. The molecule has 90 valence electrons. The van der Waals surface area contributed by atoms with Crippen LogP contribution in [0.1, 0.15) is 5.56 Å². The molecule has 0 bridgehead atoms. The predicted molar refractivity (Wildman–Crippen MR) is 62.3 cm³/mol. The minimum absolute atomic E-state index is 0.114. The van der Waals surface area contributed by atoms with Crippen LogP contribution in [-0.4, -0.2) is 9.97 Å². The van der Waals surface area contributed by atoms with Crippen LogP contribution in [-0.2, 0) is 0 Å². The Hall–Kier alpha value is -2.33. The second kappa shape index (κ2) is 4.50. The zero-order chi connectivity index (χ0) is 13.3. The van der Waals surface area contributed by atoms with Crippen LogP contribution in [0.4, 0.5) is 8.78 Å². The summed E-state index contributed by atoms with van der Waals surface area (Å²) in [6.07, 6.45) is 0. The first-order valence-electron chi connectivity index (χ1n) is 4.75. The number of hydrogen-bond acceptors (Lipinski definition) is 3. The first-order chi connectivity index (χ1) is 8.54. The number of hydrogen-bond donors (Lipinski definition) is 2. The second-order valence-corrected chi connectivity index (χ2v) is 3.77. The van der Waals surface area contributed by atoms with E-state index in [4.69, 9.17) is 17.5 Å². The van der Waals surface area contributed by atoms with Gasteiger partial charge in [0.1, 0.15) is 23.3 Å². The number of halogens is 2. The van der Waals surface area contributed by atoms with Crippen molar-refractivity contribution in [2.24, 2.45) is 0 Å². The molecule has 4 nitrogen and oxygen atoms in total. The average molecular weight is 265 g/mol. The Bertz CT molecular complexity index is 753. The Balaban J connectivity index is 2.93. The van der Waals surface area contributed by atoms with Crippen molar-refractivity contribution in [2.45, 2.75) is 0 Å². The van der Waals surface area contributed by atoms with Gasteiger partial charge in [0.2, 0.25) is 0 Å². The molecule has 0 aliphatic carbocycles. The Morgan fingerprint density at radius 2 is 1.83 bits per heavy atom. The van der Waals surface area contributed by atoms with Gasteiger partial charge in [-0.2, -0.15) is 5.26 Å². The van der Waals surface area contributed by atoms with Crippen LogP contribution >= 0.6 is 12.2 Å². The van der Waals surface area contributed by atoms with Crippen LogP contribution in [0.15, 0.2) is 23.0 Å². The summed E-state index contributed by atoms with van der Waals surface area (Å²) in [7, 11) is 0. The molecule has 0 saturated heterocycles. The van der Waals surface area contributed by atoms with E-state index in [1.165, 1.54) is 6.07 Å². The quantitative estimate of drug-likeness (QED) is 0.777. The topological polar surface area (TPSA) is 72.4 Å². The SMILES string of the molecule is N#Cc1c(-c2c(F)cccc2F)[nH]c(=S)[nH]c1=O. The number of nitrogens with zero attached hydrogens (tertiary/aromatic N) is 1. The molecule has 2 N–H and O–H groups in total. The molecule has 7 heteroatoms. The van der Waals surface area contributed by atoms with Gasteiger partial charge in [0, 0.05) is 0 Å². The van der Waals surface area contributed by atoms with E-state index in [2.05, 4.69) is 9.97 Å². The highest BCUT2D eigenvalue weighted by molar-refractivity contribution is 7.71. The van der Waals surface area contributed by atoms with Crippen molar-refractivity contribution in [3.8, 4) is 17.3 Å². The average Bonchev–Trinajstić information content (AvgIpc) is 2.28. The van der Waals surface area contributed by atoms with Crippen LogP contribution in [0.3, 0.4) is 0 Å². The Labute approximate surface area is 105 Å². The van der Waals surface area contributed by atoms with E-state index in [-0.39, 0.29) is 10.5 Å². The summed E-state index contributed by atoms with van der Waals surface area (Å²) in [4.78, 5) is 16.1. The summed E-state index contributed by atoms with van der Waals surface area (Å²) < 4.78 is 27.1. The third kappa shape index (κ3) is 1.94. The lowest BCUT2D eigenvalue weighted by molar-refractivity contribution is 0.588. The number of H-pyrrole nitrogens is 2. The fourth-order valence-corrected chi connectivity index (χ4v) is 1.71. The predicted octanol–water partition coefficient (Wildman–Crippen LogP) is 2.25. The fourth-order valence-electron chi connectivity index (χ4n) is 1.52. The molecule has 0 aliphatic heterocycles. The number of nitriles is 1. The van der Waals surface area contributed by atoms with Crippen molar-refractivity contribution in [3.63, 3.8) is 0 Å². The van der Waals surface area contributed by atoms with Gasteiger partial charge < -0.3 is 4.98 Å². The highest BCUT2D eigenvalue weighted by Crippen LogP contribution is 2.25. The van der Waals surface area contributed by atoms with E-state index >= 15 is 0 Å². The molecule has 0 radical (unpaired) electrons. The second-order valence-electron chi connectivity index (χ2n) is 3.37. The molecule has 0 unspecified atom stereocenters. The molecule has 0 fully saturated rings. The molecule has 2 aromatic rings. The molecular weight excluding hydrogens is 260 g/mol. The normalized spacial score (nSPS) is 10.1. The lowest BCUT2D eigenvalue weighted by Crippen LogP contribution is -2.14. The van der Waals surface area contributed by atoms with Crippen molar-refractivity contribution in [2.75, 3.05) is 0 Å². The van der Waals surface area contributed by atoms with Gasteiger partial charge in [-0.3, -0.25) is 9.78 Å². The molecule has 0 atom stereocenters. The highest BCUT2D eigenvalue weighted by atomic mass is 32.1. The lowest BCUT2D eigenvalue weighted by Gasteiger charge is -2.06. The standard InChI is InChI=1S/C11H5F2N3OS/c12-6-2-1-3-7(13)8(6)9-5(4-14)10(17)16-11(18)15-9/h1-3H,(H2,15,16,17,18). The van der Waals surface area contributed by atoms with Crippen LogP contribution < -0.4 is 5.56 Å². The number of aromatic amines is 2. The minimum Gasteiger partial charge on any atom is -0.330 e. The molecule has 0 amide bonds.